The molecule has 1 aliphatic rings. The second-order valence-electron chi connectivity index (χ2n) is 7.26. The van der Waals surface area contributed by atoms with E-state index in [2.05, 4.69) is 36.2 Å². The number of hydrogen-bond donors (Lipinski definition) is 1. The van der Waals surface area contributed by atoms with Gasteiger partial charge >= 0.3 is 6.09 Å². The molecule has 0 fully saturated rings. The van der Waals surface area contributed by atoms with Crippen LogP contribution in [0.5, 0.6) is 0 Å². The van der Waals surface area contributed by atoms with Crippen molar-refractivity contribution in [2.24, 2.45) is 0 Å². The number of carbonyl (C=O) groups excluding carboxylic acids is 2. The number of halogens is 1. The Kier molecular flexibility index (Phi) is 6.78. The minimum Gasteiger partial charge on any atom is -0.450 e. The Labute approximate surface area is 197 Å². The Morgan fingerprint density at radius 3 is 2.67 bits per heavy atom. The molecule has 1 atom stereocenters. The molecule has 2 amide bonds. The van der Waals surface area contributed by atoms with Crippen LogP contribution in [-0.4, -0.2) is 56.1 Å². The minimum atomic E-state index is -0.748. The molecule has 0 aliphatic carbocycles. The molecule has 1 aromatic carbocycles. The molecule has 170 valence electrons. The van der Waals surface area contributed by atoms with Crippen molar-refractivity contribution >= 4 is 27.9 Å². The van der Waals surface area contributed by atoms with E-state index in [4.69, 9.17) is 4.74 Å². The summed E-state index contributed by atoms with van der Waals surface area (Å²) in [6, 6.07) is 9.17. The van der Waals surface area contributed by atoms with E-state index < -0.39 is 12.1 Å². The number of ether oxygens (including phenoxy) is 1. The van der Waals surface area contributed by atoms with Crippen LogP contribution in [0.1, 0.15) is 29.1 Å². The highest BCUT2D eigenvalue weighted by Crippen LogP contribution is 2.21. The van der Waals surface area contributed by atoms with E-state index >= 15 is 0 Å². The lowest BCUT2D eigenvalue weighted by Gasteiger charge is -2.24. The van der Waals surface area contributed by atoms with Gasteiger partial charge in [0.1, 0.15) is 18.2 Å². The summed E-state index contributed by atoms with van der Waals surface area (Å²) in [6.07, 6.45) is 2.41. The van der Waals surface area contributed by atoms with Crippen molar-refractivity contribution in [1.82, 2.24) is 29.7 Å². The van der Waals surface area contributed by atoms with Crippen LogP contribution >= 0.6 is 15.9 Å². The topological polar surface area (TPSA) is 119 Å². The van der Waals surface area contributed by atoms with Crippen LogP contribution in [0.25, 0.3) is 11.4 Å². The summed E-state index contributed by atoms with van der Waals surface area (Å²) in [7, 11) is 0. The Bertz CT molecular complexity index is 1220. The highest BCUT2D eigenvalue weighted by Gasteiger charge is 2.30. The molecule has 3 aromatic rings. The van der Waals surface area contributed by atoms with Crippen molar-refractivity contribution in [2.45, 2.75) is 19.5 Å². The Morgan fingerprint density at radius 2 is 1.97 bits per heavy atom. The van der Waals surface area contributed by atoms with E-state index in [0.29, 0.717) is 22.8 Å². The number of aromatic nitrogens is 4. The first kappa shape index (κ1) is 22.6. The van der Waals surface area contributed by atoms with Crippen molar-refractivity contribution in [3.8, 4) is 11.4 Å². The average Bonchev–Trinajstić information content (AvgIpc) is 3.00. The Hall–Kier alpha value is -3.60. The summed E-state index contributed by atoms with van der Waals surface area (Å²) in [5, 5.41) is 2.93. The number of amides is 2. The molecule has 11 heteroatoms. The maximum Gasteiger partial charge on any atom is 0.409 e. The van der Waals surface area contributed by atoms with Gasteiger partial charge in [0, 0.05) is 35.4 Å². The van der Waals surface area contributed by atoms with Gasteiger partial charge in [0.05, 0.1) is 24.5 Å². The third kappa shape index (κ3) is 5.08. The zero-order chi connectivity index (χ0) is 23.4. The molecule has 4 rings (SSSR count). The van der Waals surface area contributed by atoms with Crippen molar-refractivity contribution in [2.75, 3.05) is 19.7 Å². The molecular weight excluding hydrogens is 492 g/mol. The van der Waals surface area contributed by atoms with Crippen molar-refractivity contribution in [3.63, 3.8) is 0 Å². The molecule has 1 aliphatic heterocycles. The largest absolute Gasteiger partial charge is 0.450 e. The van der Waals surface area contributed by atoms with Crippen LogP contribution < -0.4 is 10.9 Å². The normalized spacial score (nSPS) is 15.3. The van der Waals surface area contributed by atoms with E-state index in [1.165, 1.54) is 21.9 Å². The Balaban J connectivity index is 1.74. The van der Waals surface area contributed by atoms with Crippen LogP contribution in [0.2, 0.25) is 0 Å². The second kappa shape index (κ2) is 9.90. The van der Waals surface area contributed by atoms with Gasteiger partial charge in [0.25, 0.3) is 11.5 Å². The Morgan fingerprint density at radius 1 is 1.18 bits per heavy atom. The summed E-state index contributed by atoms with van der Waals surface area (Å²) in [6.45, 7) is 2.49. The monoisotopic (exact) mass is 512 g/mol. The second-order valence-corrected chi connectivity index (χ2v) is 8.18. The molecule has 0 bridgehead atoms. The number of nitrogens with zero attached hydrogens (tertiary/aromatic N) is 5. The number of rotatable bonds is 4. The summed E-state index contributed by atoms with van der Waals surface area (Å²) >= 11 is 3.35. The highest BCUT2D eigenvalue weighted by molar-refractivity contribution is 9.10. The molecule has 2 aromatic heterocycles. The number of benzene rings is 1. The summed E-state index contributed by atoms with van der Waals surface area (Å²) in [5.74, 6) is -0.0141. The maximum absolute atomic E-state index is 13.0. The lowest BCUT2D eigenvalue weighted by atomic mass is 10.1. The summed E-state index contributed by atoms with van der Waals surface area (Å²) in [5.41, 5.74) is 0.976. The zero-order valence-electron chi connectivity index (χ0n) is 17.8. The molecule has 33 heavy (non-hydrogen) atoms. The van der Waals surface area contributed by atoms with Gasteiger partial charge in [-0.05, 0) is 37.3 Å². The van der Waals surface area contributed by atoms with E-state index in [0.717, 1.165) is 4.47 Å². The highest BCUT2D eigenvalue weighted by atomic mass is 79.9. The van der Waals surface area contributed by atoms with Crippen LogP contribution in [0.15, 0.2) is 58.2 Å². The average molecular weight is 513 g/mol. The molecule has 1 N–H and O–H groups in total. The summed E-state index contributed by atoms with van der Waals surface area (Å²) < 4.78 is 7.47. The van der Waals surface area contributed by atoms with Crippen LogP contribution in [0.3, 0.4) is 0 Å². The first-order chi connectivity index (χ1) is 16.0. The lowest BCUT2D eigenvalue weighted by Crippen LogP contribution is -2.41. The van der Waals surface area contributed by atoms with Crippen molar-refractivity contribution < 1.29 is 14.3 Å². The van der Waals surface area contributed by atoms with Crippen molar-refractivity contribution in [1.29, 1.82) is 0 Å². The molecule has 0 spiro atoms. The number of nitrogens with one attached hydrogen (secondary N) is 1. The molecule has 1 unspecified atom stereocenters. The van der Waals surface area contributed by atoms with E-state index in [1.807, 2.05) is 0 Å². The molecular formula is C22H21BrN6O4. The smallest absolute Gasteiger partial charge is 0.409 e. The first-order valence-corrected chi connectivity index (χ1v) is 11.1. The maximum atomic E-state index is 13.0. The number of carbonyl (C=O) groups is 2. The van der Waals surface area contributed by atoms with Crippen LogP contribution in [0, 0.1) is 0 Å². The third-order valence-electron chi connectivity index (χ3n) is 5.13. The molecule has 0 saturated heterocycles. The van der Waals surface area contributed by atoms with Gasteiger partial charge in [0.2, 0.25) is 0 Å². The number of hydrogen-bond acceptors (Lipinski definition) is 7. The number of fused-ring (bicyclic) bond motifs is 1. The van der Waals surface area contributed by atoms with Crippen molar-refractivity contribution in [3.05, 3.63) is 75.1 Å². The van der Waals surface area contributed by atoms with Gasteiger partial charge in [-0.15, -0.1) is 0 Å². The predicted octanol–water partition coefficient (Wildman–Crippen LogP) is 2.41. The molecule has 10 nitrogen and oxygen atoms in total. The van der Waals surface area contributed by atoms with Gasteiger partial charge in [-0.1, -0.05) is 15.9 Å². The fourth-order valence-electron chi connectivity index (χ4n) is 3.54. The first-order valence-electron chi connectivity index (χ1n) is 10.3. The van der Waals surface area contributed by atoms with Crippen LogP contribution in [0.4, 0.5) is 4.79 Å². The fourth-order valence-corrected chi connectivity index (χ4v) is 3.80. The predicted molar refractivity (Wildman–Crippen MR) is 122 cm³/mol. The van der Waals surface area contributed by atoms with Gasteiger partial charge in [0.15, 0.2) is 0 Å². The summed E-state index contributed by atoms with van der Waals surface area (Å²) in [4.78, 5) is 52.6. The van der Waals surface area contributed by atoms with E-state index in [1.54, 1.807) is 43.5 Å². The van der Waals surface area contributed by atoms with Crippen LogP contribution in [-0.2, 0) is 11.3 Å². The zero-order valence-corrected chi connectivity index (χ0v) is 19.4. The van der Waals surface area contributed by atoms with E-state index in [9.17, 15) is 14.4 Å². The van der Waals surface area contributed by atoms with Gasteiger partial charge in [-0.3, -0.25) is 14.2 Å². The standard InChI is InChI=1S/C22H21BrN6O4/c1-2-33-22(32)28-9-10-29-19(30)11-17(16-7-8-24-13-25-16)26-20(29)18(12-28)27-21(31)14-3-5-15(23)6-4-14/h3-8,11,13,18H,2,9-10,12H2,1H3,(H,27,31). The van der Waals surface area contributed by atoms with E-state index in [-0.39, 0.29) is 37.7 Å². The molecule has 3 heterocycles. The minimum absolute atomic E-state index is 0.0980. The molecule has 0 saturated carbocycles. The SMILES string of the molecule is CCOC(=O)N1CCn2c(nc(-c3ccncn3)cc2=O)C(NC(=O)c2ccc(Br)cc2)C1. The van der Waals surface area contributed by atoms with Gasteiger partial charge in [-0.2, -0.15) is 0 Å². The van der Waals surface area contributed by atoms with Gasteiger partial charge in [-0.25, -0.2) is 19.7 Å². The third-order valence-corrected chi connectivity index (χ3v) is 5.66. The molecule has 0 radical (unpaired) electrons. The lowest BCUT2D eigenvalue weighted by molar-refractivity contribution is 0.0890. The quantitative estimate of drug-likeness (QED) is 0.569. The fraction of sp³-hybridized carbons (Fsp3) is 0.273. The van der Waals surface area contributed by atoms with Gasteiger partial charge < -0.3 is 15.0 Å².